The highest BCUT2D eigenvalue weighted by Crippen LogP contribution is 2.27. The van der Waals surface area contributed by atoms with E-state index in [-0.39, 0.29) is 12.0 Å². The van der Waals surface area contributed by atoms with Gasteiger partial charge in [0.05, 0.1) is 12.6 Å². The number of benzene rings is 1. The normalized spacial score (nSPS) is 23.2. The molecule has 0 radical (unpaired) electrons. The van der Waals surface area contributed by atoms with Gasteiger partial charge >= 0.3 is 0 Å². The first-order chi connectivity index (χ1) is 16.0. The molecule has 3 heterocycles. The molecule has 1 aromatic carbocycles. The molecule has 2 aliphatic rings. The molecule has 2 aromatic rings. The second kappa shape index (κ2) is 11.2. The van der Waals surface area contributed by atoms with Gasteiger partial charge in [-0.15, -0.1) is 0 Å². The van der Waals surface area contributed by atoms with Crippen LogP contribution in [0.15, 0.2) is 36.7 Å². The van der Waals surface area contributed by atoms with Crippen molar-refractivity contribution in [2.45, 2.75) is 58.2 Å². The number of nitrogens with zero attached hydrogens (tertiary/aromatic N) is 4. The standard InChI is InChI=1S/C26H38N4O3/c1-20(2)30-14-11-27-25(30)19-28-12-5-4-7-22-18-29(13-10-24(22)32-3)26(31)21-8-6-9-23(17-21)33-16-15-28/h6,8-9,11,14,17,20,22,24H,4-5,7,10,12-13,15-16,18-19H2,1-3H3/t22-,24+/m1/s1. The zero-order valence-electron chi connectivity index (χ0n) is 20.3. The highest BCUT2D eigenvalue weighted by Gasteiger charge is 2.31. The van der Waals surface area contributed by atoms with Crippen molar-refractivity contribution < 1.29 is 14.3 Å². The lowest BCUT2D eigenvalue weighted by atomic mass is 9.89. The predicted octanol–water partition coefficient (Wildman–Crippen LogP) is 4.01. The van der Waals surface area contributed by atoms with Gasteiger partial charge < -0.3 is 18.9 Å². The van der Waals surface area contributed by atoms with Crippen molar-refractivity contribution in [2.24, 2.45) is 5.92 Å². The Bertz CT molecular complexity index is 912. The Labute approximate surface area is 197 Å². The number of fused-ring (bicyclic) bond motifs is 4. The summed E-state index contributed by atoms with van der Waals surface area (Å²) in [7, 11) is 1.80. The first kappa shape index (κ1) is 23.8. The summed E-state index contributed by atoms with van der Waals surface area (Å²) in [6, 6.07) is 8.02. The van der Waals surface area contributed by atoms with Crippen LogP contribution in [0.25, 0.3) is 0 Å². The fourth-order valence-electron chi connectivity index (χ4n) is 5.13. The first-order valence-electron chi connectivity index (χ1n) is 12.3. The van der Waals surface area contributed by atoms with Gasteiger partial charge in [-0.2, -0.15) is 0 Å². The summed E-state index contributed by atoms with van der Waals surface area (Å²) in [6.45, 7) is 9.10. The van der Waals surface area contributed by atoms with Crippen LogP contribution in [0.1, 0.15) is 61.8 Å². The molecular formula is C26H38N4O3. The van der Waals surface area contributed by atoms with Gasteiger partial charge in [-0.25, -0.2) is 4.98 Å². The van der Waals surface area contributed by atoms with E-state index in [2.05, 4.69) is 34.5 Å². The lowest BCUT2D eigenvalue weighted by molar-refractivity contribution is -0.00677. The number of ether oxygens (including phenoxy) is 2. The predicted molar refractivity (Wildman–Crippen MR) is 128 cm³/mol. The molecule has 2 atom stereocenters. The van der Waals surface area contributed by atoms with Crippen LogP contribution < -0.4 is 4.74 Å². The maximum Gasteiger partial charge on any atom is 0.254 e. The third-order valence-electron chi connectivity index (χ3n) is 6.98. The molecule has 4 bridgehead atoms. The maximum atomic E-state index is 13.2. The van der Waals surface area contributed by atoms with Gasteiger partial charge in [0.15, 0.2) is 0 Å². The van der Waals surface area contributed by atoms with Gasteiger partial charge in [0.2, 0.25) is 0 Å². The number of carbonyl (C=O) groups is 1. The minimum absolute atomic E-state index is 0.0945. The van der Waals surface area contributed by atoms with Crippen LogP contribution in [0.3, 0.4) is 0 Å². The van der Waals surface area contributed by atoms with Crippen molar-refractivity contribution >= 4 is 5.91 Å². The minimum atomic E-state index is 0.0945. The molecule has 0 unspecified atom stereocenters. The molecule has 0 aliphatic carbocycles. The molecule has 0 spiro atoms. The van der Waals surface area contributed by atoms with Gasteiger partial charge in [0, 0.05) is 56.7 Å². The van der Waals surface area contributed by atoms with Crippen LogP contribution >= 0.6 is 0 Å². The number of imidazole rings is 1. The largest absolute Gasteiger partial charge is 0.492 e. The molecule has 180 valence electrons. The topological polar surface area (TPSA) is 59.8 Å². The maximum absolute atomic E-state index is 13.2. The number of piperidine rings is 1. The van der Waals surface area contributed by atoms with Crippen molar-refractivity contribution in [3.8, 4) is 5.75 Å². The molecule has 0 N–H and O–H groups in total. The van der Waals surface area contributed by atoms with Crippen LogP contribution in [0.4, 0.5) is 0 Å². The lowest BCUT2D eigenvalue weighted by Gasteiger charge is -2.38. The molecule has 7 heteroatoms. The first-order valence-corrected chi connectivity index (χ1v) is 12.3. The molecule has 1 saturated heterocycles. The average molecular weight is 455 g/mol. The van der Waals surface area contributed by atoms with Gasteiger partial charge in [-0.1, -0.05) is 12.5 Å². The summed E-state index contributed by atoms with van der Waals surface area (Å²) in [5, 5.41) is 0. The van der Waals surface area contributed by atoms with Crippen LogP contribution in [0.5, 0.6) is 5.75 Å². The van der Waals surface area contributed by atoms with E-state index in [1.807, 2.05) is 35.4 Å². The molecule has 1 aromatic heterocycles. The number of carbonyl (C=O) groups excluding carboxylic acids is 1. The molecule has 2 aliphatic heterocycles. The number of methoxy groups -OCH3 is 1. The number of hydrogen-bond donors (Lipinski definition) is 0. The Balaban J connectivity index is 1.51. The van der Waals surface area contributed by atoms with Crippen molar-refractivity contribution in [1.82, 2.24) is 19.4 Å². The third kappa shape index (κ3) is 5.95. The van der Waals surface area contributed by atoms with Crippen LogP contribution in [0, 0.1) is 5.92 Å². The van der Waals surface area contributed by atoms with E-state index < -0.39 is 0 Å². The number of aromatic nitrogens is 2. The third-order valence-corrected chi connectivity index (χ3v) is 6.98. The van der Waals surface area contributed by atoms with E-state index in [0.717, 1.165) is 70.0 Å². The molecule has 33 heavy (non-hydrogen) atoms. The molecular weight excluding hydrogens is 416 g/mol. The summed E-state index contributed by atoms with van der Waals surface area (Å²) < 4.78 is 14.1. The van der Waals surface area contributed by atoms with Gasteiger partial charge in [0.25, 0.3) is 5.91 Å². The van der Waals surface area contributed by atoms with Crippen molar-refractivity contribution in [2.75, 3.05) is 39.9 Å². The van der Waals surface area contributed by atoms with Gasteiger partial charge in [0.1, 0.15) is 18.2 Å². The van der Waals surface area contributed by atoms with Crippen molar-refractivity contribution in [3.05, 3.63) is 48.0 Å². The van der Waals surface area contributed by atoms with Crippen molar-refractivity contribution in [1.29, 1.82) is 0 Å². The Morgan fingerprint density at radius 3 is 2.88 bits per heavy atom. The zero-order chi connectivity index (χ0) is 23.2. The zero-order valence-corrected chi connectivity index (χ0v) is 20.3. The fourth-order valence-corrected chi connectivity index (χ4v) is 5.13. The molecule has 1 amide bonds. The van der Waals surface area contributed by atoms with E-state index in [1.54, 1.807) is 7.11 Å². The second-order valence-corrected chi connectivity index (χ2v) is 9.57. The van der Waals surface area contributed by atoms with Gasteiger partial charge in [-0.05, 0) is 57.9 Å². The summed E-state index contributed by atoms with van der Waals surface area (Å²) >= 11 is 0. The SMILES string of the molecule is CO[C@H]1CCN2C[C@H]1CCCCN(Cc1nccn1C(C)C)CCOc1cccc(c1)C2=O. The van der Waals surface area contributed by atoms with E-state index in [4.69, 9.17) is 9.47 Å². The quantitative estimate of drug-likeness (QED) is 0.699. The lowest BCUT2D eigenvalue weighted by Crippen LogP contribution is -2.46. The van der Waals surface area contributed by atoms with Crippen molar-refractivity contribution in [3.63, 3.8) is 0 Å². The summed E-state index contributed by atoms with van der Waals surface area (Å²) in [4.78, 5) is 22.2. The highest BCUT2D eigenvalue weighted by atomic mass is 16.5. The molecule has 1 fully saturated rings. The summed E-state index contributed by atoms with van der Waals surface area (Å²) in [5.41, 5.74) is 0.702. The summed E-state index contributed by atoms with van der Waals surface area (Å²) in [6.07, 6.45) is 8.39. The Morgan fingerprint density at radius 2 is 2.06 bits per heavy atom. The number of rotatable bonds is 4. The Hall–Kier alpha value is -2.38. The number of hydrogen-bond acceptors (Lipinski definition) is 5. The Kier molecular flexibility index (Phi) is 8.04. The van der Waals surface area contributed by atoms with E-state index >= 15 is 0 Å². The van der Waals surface area contributed by atoms with Gasteiger partial charge in [-0.3, -0.25) is 9.69 Å². The minimum Gasteiger partial charge on any atom is -0.492 e. The molecule has 4 rings (SSSR count). The average Bonchev–Trinajstić information content (AvgIpc) is 3.29. The smallest absolute Gasteiger partial charge is 0.254 e. The van der Waals surface area contributed by atoms with E-state index in [9.17, 15) is 4.79 Å². The highest BCUT2D eigenvalue weighted by molar-refractivity contribution is 5.94. The van der Waals surface area contributed by atoms with Crippen LogP contribution in [-0.4, -0.2) is 71.3 Å². The molecule has 0 saturated carbocycles. The summed E-state index contributed by atoms with van der Waals surface area (Å²) in [5.74, 6) is 2.32. The second-order valence-electron chi connectivity index (χ2n) is 9.57. The number of amides is 1. The van der Waals surface area contributed by atoms with Crippen LogP contribution in [0.2, 0.25) is 0 Å². The van der Waals surface area contributed by atoms with Crippen LogP contribution in [-0.2, 0) is 11.3 Å². The fraction of sp³-hybridized carbons (Fsp3) is 0.615. The molecule has 7 nitrogen and oxygen atoms in total. The Morgan fingerprint density at radius 1 is 1.18 bits per heavy atom. The monoisotopic (exact) mass is 454 g/mol. The van der Waals surface area contributed by atoms with E-state index in [0.29, 0.717) is 24.1 Å². The van der Waals surface area contributed by atoms with E-state index in [1.165, 1.54) is 0 Å².